The van der Waals surface area contributed by atoms with Gasteiger partial charge in [-0.25, -0.2) is 4.79 Å². The van der Waals surface area contributed by atoms with Crippen LogP contribution in [0.25, 0.3) is 0 Å². The Hall–Kier alpha value is -2.76. The molecule has 0 aliphatic carbocycles. The molecule has 0 aliphatic rings. The van der Waals surface area contributed by atoms with E-state index in [-0.39, 0.29) is 12.4 Å². The van der Waals surface area contributed by atoms with Gasteiger partial charge in [0.2, 0.25) is 5.78 Å². The van der Waals surface area contributed by atoms with Gasteiger partial charge >= 0.3 is 5.97 Å². The van der Waals surface area contributed by atoms with Gasteiger partial charge in [0.1, 0.15) is 0 Å². The van der Waals surface area contributed by atoms with Crippen LogP contribution in [0, 0.1) is 13.8 Å². The summed E-state index contributed by atoms with van der Waals surface area (Å²) in [5.41, 5.74) is 2.78. The summed E-state index contributed by atoms with van der Waals surface area (Å²) in [6.45, 7) is 8.70. The fourth-order valence-electron chi connectivity index (χ4n) is 2.93. The Kier molecular flexibility index (Phi) is 6.44. The zero-order valence-electron chi connectivity index (χ0n) is 15.9. The highest BCUT2D eigenvalue weighted by molar-refractivity contribution is 6.00. The maximum Gasteiger partial charge on any atom is 0.338 e. The van der Waals surface area contributed by atoms with Crippen LogP contribution >= 0.6 is 0 Å². The topological polar surface area (TPSA) is 66.8 Å². The van der Waals surface area contributed by atoms with Gasteiger partial charge in [-0.2, -0.15) is 0 Å². The number of Topliss-reactive ketones (excluding diaryl/α,β-unsaturated/α-hetero) is 1. The lowest BCUT2D eigenvalue weighted by atomic mass is 10.1. The third-order valence-corrected chi connectivity index (χ3v) is 4.22. The number of hydrogen-bond donors (Lipinski definition) is 0. The summed E-state index contributed by atoms with van der Waals surface area (Å²) in [5.74, 6) is 0.196. The summed E-state index contributed by atoms with van der Waals surface area (Å²) in [5, 5.41) is 0. The molecule has 0 bridgehead atoms. The standard InChI is InChI=1S/C20H25NO5/c1-6-21-13(3)10-16(14(21)4)17(22)12-26-20(23)15-8-9-18(25-7-2)19(11-15)24-5/h8-11H,6-7,12H2,1-5H3. The second-order valence-corrected chi connectivity index (χ2v) is 5.83. The van der Waals surface area contributed by atoms with Crippen molar-refractivity contribution in [3.05, 3.63) is 46.8 Å². The number of carbonyl (C=O) groups is 2. The van der Waals surface area contributed by atoms with Crippen LogP contribution in [0.3, 0.4) is 0 Å². The zero-order chi connectivity index (χ0) is 19.3. The molecule has 0 saturated heterocycles. The molecule has 0 fully saturated rings. The van der Waals surface area contributed by atoms with E-state index in [1.807, 2.05) is 38.3 Å². The predicted molar refractivity (Wildman–Crippen MR) is 98.4 cm³/mol. The first-order valence-corrected chi connectivity index (χ1v) is 8.60. The summed E-state index contributed by atoms with van der Waals surface area (Å²) < 4.78 is 17.9. The molecule has 140 valence electrons. The molecule has 0 aliphatic heterocycles. The predicted octanol–water partition coefficient (Wildman–Crippen LogP) is 3.57. The van der Waals surface area contributed by atoms with Crippen LogP contribution in [0.5, 0.6) is 11.5 Å². The van der Waals surface area contributed by atoms with Crippen molar-refractivity contribution < 1.29 is 23.8 Å². The van der Waals surface area contributed by atoms with Crippen LogP contribution in [-0.2, 0) is 11.3 Å². The van der Waals surface area contributed by atoms with Crippen molar-refractivity contribution in [2.24, 2.45) is 0 Å². The Balaban J connectivity index is 2.07. The molecular weight excluding hydrogens is 334 g/mol. The largest absolute Gasteiger partial charge is 0.493 e. The fraction of sp³-hybridized carbons (Fsp3) is 0.400. The van der Waals surface area contributed by atoms with Crippen molar-refractivity contribution in [1.29, 1.82) is 0 Å². The summed E-state index contributed by atoms with van der Waals surface area (Å²) in [6, 6.07) is 6.61. The van der Waals surface area contributed by atoms with Crippen LogP contribution in [0.15, 0.2) is 24.3 Å². The number of rotatable bonds is 8. The fourth-order valence-corrected chi connectivity index (χ4v) is 2.93. The Labute approximate surface area is 153 Å². The number of carbonyl (C=O) groups excluding carboxylic acids is 2. The number of hydrogen-bond acceptors (Lipinski definition) is 5. The van der Waals surface area contributed by atoms with Gasteiger partial charge in [-0.3, -0.25) is 4.79 Å². The van der Waals surface area contributed by atoms with Gasteiger partial charge in [-0.15, -0.1) is 0 Å². The lowest BCUT2D eigenvalue weighted by Crippen LogP contribution is -2.15. The van der Waals surface area contributed by atoms with Crippen molar-refractivity contribution in [3.63, 3.8) is 0 Å². The van der Waals surface area contributed by atoms with Crippen molar-refractivity contribution in [3.8, 4) is 11.5 Å². The van der Waals surface area contributed by atoms with Gasteiger partial charge in [0.15, 0.2) is 18.1 Å². The van der Waals surface area contributed by atoms with E-state index in [0.717, 1.165) is 17.9 Å². The molecule has 1 aromatic carbocycles. The minimum Gasteiger partial charge on any atom is -0.493 e. The number of ketones is 1. The van der Waals surface area contributed by atoms with Gasteiger partial charge < -0.3 is 18.8 Å². The molecule has 0 saturated carbocycles. The maximum atomic E-state index is 12.4. The summed E-state index contributed by atoms with van der Waals surface area (Å²) in [6.07, 6.45) is 0. The Morgan fingerprint density at radius 1 is 1.08 bits per heavy atom. The lowest BCUT2D eigenvalue weighted by Gasteiger charge is -2.11. The summed E-state index contributed by atoms with van der Waals surface area (Å²) >= 11 is 0. The lowest BCUT2D eigenvalue weighted by molar-refractivity contribution is 0.0474. The number of methoxy groups -OCH3 is 1. The highest BCUT2D eigenvalue weighted by atomic mass is 16.5. The van der Waals surface area contributed by atoms with E-state index in [1.165, 1.54) is 7.11 Å². The van der Waals surface area contributed by atoms with E-state index in [0.29, 0.717) is 29.2 Å². The number of nitrogens with zero attached hydrogens (tertiary/aromatic N) is 1. The molecule has 1 heterocycles. The van der Waals surface area contributed by atoms with E-state index in [9.17, 15) is 9.59 Å². The van der Waals surface area contributed by atoms with Crippen molar-refractivity contribution in [2.75, 3.05) is 20.3 Å². The van der Waals surface area contributed by atoms with Crippen molar-refractivity contribution >= 4 is 11.8 Å². The highest BCUT2D eigenvalue weighted by Crippen LogP contribution is 2.28. The maximum absolute atomic E-state index is 12.4. The van der Waals surface area contributed by atoms with Crippen LogP contribution in [-0.4, -0.2) is 36.6 Å². The van der Waals surface area contributed by atoms with E-state index in [2.05, 4.69) is 0 Å². The normalized spacial score (nSPS) is 10.5. The van der Waals surface area contributed by atoms with Crippen molar-refractivity contribution in [1.82, 2.24) is 4.57 Å². The molecule has 2 rings (SSSR count). The SMILES string of the molecule is CCOc1ccc(C(=O)OCC(=O)c2cc(C)n(CC)c2C)cc1OC. The third kappa shape index (κ3) is 4.07. The van der Waals surface area contributed by atoms with Crippen LogP contribution in [0.2, 0.25) is 0 Å². The van der Waals surface area contributed by atoms with E-state index in [4.69, 9.17) is 14.2 Å². The first-order valence-electron chi connectivity index (χ1n) is 8.60. The summed E-state index contributed by atoms with van der Waals surface area (Å²) in [4.78, 5) is 24.7. The molecule has 6 heteroatoms. The third-order valence-electron chi connectivity index (χ3n) is 4.22. The average Bonchev–Trinajstić information content (AvgIpc) is 2.93. The van der Waals surface area contributed by atoms with E-state index in [1.54, 1.807) is 18.2 Å². The Morgan fingerprint density at radius 2 is 1.81 bits per heavy atom. The molecule has 26 heavy (non-hydrogen) atoms. The Bertz CT molecular complexity index is 807. The van der Waals surface area contributed by atoms with Gasteiger partial charge in [-0.1, -0.05) is 0 Å². The number of ether oxygens (including phenoxy) is 3. The van der Waals surface area contributed by atoms with Gasteiger partial charge in [0, 0.05) is 23.5 Å². The van der Waals surface area contributed by atoms with Crippen molar-refractivity contribution in [2.45, 2.75) is 34.2 Å². The zero-order valence-corrected chi connectivity index (χ0v) is 15.9. The van der Waals surface area contributed by atoms with E-state index < -0.39 is 5.97 Å². The van der Waals surface area contributed by atoms with Crippen LogP contribution in [0.1, 0.15) is 46.0 Å². The molecule has 0 atom stereocenters. The second kappa shape index (κ2) is 8.56. The molecule has 6 nitrogen and oxygen atoms in total. The minimum atomic E-state index is -0.580. The van der Waals surface area contributed by atoms with Gasteiger partial charge in [-0.05, 0) is 52.0 Å². The van der Waals surface area contributed by atoms with Gasteiger partial charge in [0.25, 0.3) is 0 Å². The van der Waals surface area contributed by atoms with E-state index >= 15 is 0 Å². The molecule has 0 N–H and O–H groups in total. The Morgan fingerprint density at radius 3 is 2.38 bits per heavy atom. The summed E-state index contributed by atoms with van der Waals surface area (Å²) in [7, 11) is 1.50. The van der Waals surface area contributed by atoms with Gasteiger partial charge in [0.05, 0.1) is 19.3 Å². The number of aryl methyl sites for hydroxylation is 1. The number of benzene rings is 1. The first kappa shape index (κ1) is 19.6. The monoisotopic (exact) mass is 359 g/mol. The molecular formula is C20H25NO5. The number of esters is 1. The molecule has 2 aromatic rings. The van der Waals surface area contributed by atoms with Crippen LogP contribution < -0.4 is 9.47 Å². The first-order chi connectivity index (χ1) is 12.4. The second-order valence-electron chi connectivity index (χ2n) is 5.83. The molecule has 0 radical (unpaired) electrons. The number of aromatic nitrogens is 1. The molecule has 1 aromatic heterocycles. The minimum absolute atomic E-state index is 0.218. The average molecular weight is 359 g/mol. The molecule has 0 unspecified atom stereocenters. The highest BCUT2D eigenvalue weighted by Gasteiger charge is 2.18. The molecule has 0 spiro atoms. The molecule has 0 amide bonds. The smallest absolute Gasteiger partial charge is 0.338 e. The quantitative estimate of drug-likeness (QED) is 0.532. The van der Waals surface area contributed by atoms with Crippen LogP contribution in [0.4, 0.5) is 0 Å².